The molecule has 0 aliphatic carbocycles. The molecule has 0 bridgehead atoms. The summed E-state index contributed by atoms with van der Waals surface area (Å²) in [5.41, 5.74) is 1.91. The first kappa shape index (κ1) is 17.5. The Labute approximate surface area is 151 Å². The molecule has 2 aromatic carbocycles. The van der Waals surface area contributed by atoms with Crippen molar-refractivity contribution in [3.8, 4) is 11.5 Å². The lowest BCUT2D eigenvalue weighted by molar-refractivity contribution is -0.143. The Kier molecular flexibility index (Phi) is 5.88. The summed E-state index contributed by atoms with van der Waals surface area (Å²) in [6.07, 6.45) is 3.59. The van der Waals surface area contributed by atoms with Crippen molar-refractivity contribution in [2.75, 3.05) is 19.9 Å². The zero-order valence-electron chi connectivity index (χ0n) is 14.1. The molecule has 0 saturated carbocycles. The van der Waals surface area contributed by atoms with E-state index >= 15 is 0 Å². The molecule has 6 heteroatoms. The fourth-order valence-electron chi connectivity index (χ4n) is 2.41. The van der Waals surface area contributed by atoms with Gasteiger partial charge in [0.2, 0.25) is 6.79 Å². The normalized spacial score (nSPS) is 12.2. The van der Waals surface area contributed by atoms with Crippen LogP contribution in [0.5, 0.6) is 11.5 Å². The lowest BCUT2D eigenvalue weighted by Gasteiger charge is -2.05. The van der Waals surface area contributed by atoms with Gasteiger partial charge in [-0.1, -0.05) is 36.4 Å². The van der Waals surface area contributed by atoms with Crippen LogP contribution in [0, 0.1) is 0 Å². The number of benzene rings is 2. The van der Waals surface area contributed by atoms with Gasteiger partial charge in [0.25, 0.3) is 5.91 Å². The highest BCUT2D eigenvalue weighted by Crippen LogP contribution is 2.32. The van der Waals surface area contributed by atoms with Gasteiger partial charge >= 0.3 is 5.97 Å². The summed E-state index contributed by atoms with van der Waals surface area (Å²) in [7, 11) is 0. The standard InChI is InChI=1S/C20H19NO5/c22-19(21-11-10-15-4-2-1-3-5-15)13-24-20(23)9-7-16-6-8-17-18(12-16)26-14-25-17/h1-9,12H,10-11,13-14H2,(H,21,22)/b9-7+. The second kappa shape index (κ2) is 8.71. The van der Waals surface area contributed by atoms with Gasteiger partial charge in [-0.15, -0.1) is 0 Å². The number of fused-ring (bicyclic) bond motifs is 1. The van der Waals surface area contributed by atoms with Gasteiger partial charge in [-0.2, -0.15) is 0 Å². The number of rotatable bonds is 7. The second-order valence-electron chi connectivity index (χ2n) is 5.64. The van der Waals surface area contributed by atoms with Gasteiger partial charge in [0.1, 0.15) is 0 Å². The van der Waals surface area contributed by atoms with Crippen LogP contribution < -0.4 is 14.8 Å². The number of nitrogens with one attached hydrogen (secondary N) is 1. The van der Waals surface area contributed by atoms with Crippen molar-refractivity contribution in [1.82, 2.24) is 5.32 Å². The fourth-order valence-corrected chi connectivity index (χ4v) is 2.41. The van der Waals surface area contributed by atoms with E-state index in [0.29, 0.717) is 18.0 Å². The summed E-state index contributed by atoms with van der Waals surface area (Å²) < 4.78 is 15.4. The Hall–Kier alpha value is -3.28. The lowest BCUT2D eigenvalue weighted by Crippen LogP contribution is -2.30. The third-order valence-corrected chi connectivity index (χ3v) is 3.73. The SMILES string of the molecule is O=C(COC(=O)/C=C/c1ccc2c(c1)OCO2)NCCc1ccccc1. The molecule has 0 unspecified atom stereocenters. The minimum Gasteiger partial charge on any atom is -0.454 e. The van der Waals surface area contributed by atoms with Gasteiger partial charge < -0.3 is 19.5 Å². The first-order valence-electron chi connectivity index (χ1n) is 8.26. The molecule has 134 valence electrons. The van der Waals surface area contributed by atoms with Gasteiger partial charge in [0.05, 0.1) is 0 Å². The highest BCUT2D eigenvalue weighted by Gasteiger charge is 2.12. The van der Waals surface area contributed by atoms with E-state index in [1.165, 1.54) is 6.08 Å². The van der Waals surface area contributed by atoms with Crippen molar-refractivity contribution in [2.45, 2.75) is 6.42 Å². The molecule has 26 heavy (non-hydrogen) atoms. The number of hydrogen-bond donors (Lipinski definition) is 1. The molecule has 1 amide bonds. The average molecular weight is 353 g/mol. The minimum absolute atomic E-state index is 0.198. The largest absolute Gasteiger partial charge is 0.454 e. The summed E-state index contributed by atoms with van der Waals surface area (Å²) >= 11 is 0. The molecule has 1 N–H and O–H groups in total. The third-order valence-electron chi connectivity index (χ3n) is 3.73. The number of carbonyl (C=O) groups excluding carboxylic acids is 2. The smallest absolute Gasteiger partial charge is 0.331 e. The number of carbonyl (C=O) groups is 2. The molecule has 1 aliphatic rings. The van der Waals surface area contributed by atoms with E-state index in [-0.39, 0.29) is 19.3 Å². The van der Waals surface area contributed by atoms with E-state index in [2.05, 4.69) is 5.32 Å². The van der Waals surface area contributed by atoms with E-state index in [9.17, 15) is 9.59 Å². The van der Waals surface area contributed by atoms with Crippen LogP contribution in [0.1, 0.15) is 11.1 Å². The molecule has 0 saturated heterocycles. The zero-order chi connectivity index (χ0) is 18.2. The molecule has 1 heterocycles. The summed E-state index contributed by atoms with van der Waals surface area (Å²) in [5.74, 6) is 0.404. The highest BCUT2D eigenvalue weighted by molar-refractivity contribution is 5.89. The predicted molar refractivity (Wildman–Crippen MR) is 95.7 cm³/mol. The van der Waals surface area contributed by atoms with Crippen LogP contribution in [0.2, 0.25) is 0 Å². The monoisotopic (exact) mass is 353 g/mol. The highest BCUT2D eigenvalue weighted by atomic mass is 16.7. The van der Waals surface area contributed by atoms with Crippen LogP contribution in [0.25, 0.3) is 6.08 Å². The van der Waals surface area contributed by atoms with Gasteiger partial charge in [-0.3, -0.25) is 4.79 Å². The number of esters is 1. The van der Waals surface area contributed by atoms with Crippen molar-refractivity contribution < 1.29 is 23.8 Å². The summed E-state index contributed by atoms with van der Waals surface area (Å²) in [4.78, 5) is 23.4. The second-order valence-corrected chi connectivity index (χ2v) is 5.64. The summed E-state index contributed by atoms with van der Waals surface area (Å²) in [5, 5.41) is 2.72. The Morgan fingerprint density at radius 2 is 1.88 bits per heavy atom. The van der Waals surface area contributed by atoms with Gasteiger partial charge in [0, 0.05) is 12.6 Å². The lowest BCUT2D eigenvalue weighted by atomic mass is 10.1. The number of amides is 1. The summed E-state index contributed by atoms with van der Waals surface area (Å²) in [6.45, 7) is 0.385. The third kappa shape index (κ3) is 5.11. The van der Waals surface area contributed by atoms with Gasteiger partial charge in [-0.25, -0.2) is 4.79 Å². The molecular weight excluding hydrogens is 334 g/mol. The number of ether oxygens (including phenoxy) is 3. The topological polar surface area (TPSA) is 73.9 Å². The maximum absolute atomic E-state index is 11.7. The van der Waals surface area contributed by atoms with Crippen molar-refractivity contribution in [3.05, 3.63) is 65.7 Å². The molecule has 0 radical (unpaired) electrons. The Bertz CT molecular complexity index is 801. The average Bonchev–Trinajstić information content (AvgIpc) is 3.13. The molecule has 0 fully saturated rings. The van der Waals surface area contributed by atoms with Crippen LogP contribution in [0.4, 0.5) is 0 Å². The van der Waals surface area contributed by atoms with Crippen LogP contribution in [-0.2, 0) is 20.7 Å². The zero-order valence-corrected chi connectivity index (χ0v) is 14.1. The van der Waals surface area contributed by atoms with E-state index in [0.717, 1.165) is 17.5 Å². The molecule has 2 aromatic rings. The van der Waals surface area contributed by atoms with Gasteiger partial charge in [0.15, 0.2) is 18.1 Å². The van der Waals surface area contributed by atoms with Gasteiger partial charge in [-0.05, 0) is 35.8 Å². The van der Waals surface area contributed by atoms with Crippen molar-refractivity contribution in [1.29, 1.82) is 0 Å². The molecule has 0 aromatic heterocycles. The molecule has 0 atom stereocenters. The minimum atomic E-state index is -0.583. The van der Waals surface area contributed by atoms with Crippen molar-refractivity contribution >= 4 is 18.0 Å². The van der Waals surface area contributed by atoms with E-state index in [1.54, 1.807) is 24.3 Å². The number of hydrogen-bond acceptors (Lipinski definition) is 5. The molecular formula is C20H19NO5. The van der Waals surface area contributed by atoms with Crippen LogP contribution in [-0.4, -0.2) is 31.8 Å². The molecule has 0 spiro atoms. The van der Waals surface area contributed by atoms with Crippen LogP contribution in [0.3, 0.4) is 0 Å². The maximum Gasteiger partial charge on any atom is 0.331 e. The Balaban J connectivity index is 1.37. The molecule has 1 aliphatic heterocycles. The molecule has 3 rings (SSSR count). The van der Waals surface area contributed by atoms with E-state index in [4.69, 9.17) is 14.2 Å². The van der Waals surface area contributed by atoms with Crippen molar-refractivity contribution in [2.24, 2.45) is 0 Å². The van der Waals surface area contributed by atoms with Crippen LogP contribution >= 0.6 is 0 Å². The quantitative estimate of drug-likeness (QED) is 0.611. The van der Waals surface area contributed by atoms with E-state index < -0.39 is 5.97 Å². The molecule has 6 nitrogen and oxygen atoms in total. The Morgan fingerprint density at radius 1 is 1.08 bits per heavy atom. The first-order chi connectivity index (χ1) is 12.7. The summed E-state index contributed by atoms with van der Waals surface area (Å²) in [6, 6.07) is 15.2. The maximum atomic E-state index is 11.7. The van der Waals surface area contributed by atoms with Crippen molar-refractivity contribution in [3.63, 3.8) is 0 Å². The predicted octanol–water partition coefficient (Wildman–Crippen LogP) is 2.33. The van der Waals surface area contributed by atoms with Crippen LogP contribution in [0.15, 0.2) is 54.6 Å². The first-order valence-corrected chi connectivity index (χ1v) is 8.26. The fraction of sp³-hybridized carbons (Fsp3) is 0.200. The Morgan fingerprint density at radius 3 is 2.73 bits per heavy atom. The van der Waals surface area contributed by atoms with E-state index in [1.807, 2.05) is 30.3 Å².